The van der Waals surface area contributed by atoms with Crippen molar-refractivity contribution in [3.63, 3.8) is 0 Å². The second-order valence-corrected chi connectivity index (χ2v) is 6.26. The Balaban J connectivity index is 1.89. The maximum Gasteiger partial charge on any atom is 0.0474 e. The number of rotatable bonds is 4. The van der Waals surface area contributed by atoms with E-state index in [1.165, 1.54) is 34.6 Å². The van der Waals surface area contributed by atoms with Crippen LogP contribution >= 0.6 is 11.3 Å². The van der Waals surface area contributed by atoms with Crippen molar-refractivity contribution >= 4 is 11.3 Å². The summed E-state index contributed by atoms with van der Waals surface area (Å²) >= 11 is 1.87. The van der Waals surface area contributed by atoms with Crippen LogP contribution in [0, 0.1) is 19.8 Å². The molecule has 16 heavy (non-hydrogen) atoms. The van der Waals surface area contributed by atoms with Gasteiger partial charge in [-0.2, -0.15) is 0 Å². The van der Waals surface area contributed by atoms with Crippen LogP contribution in [0.4, 0.5) is 0 Å². The Bertz CT molecular complexity index is 348. The molecule has 2 nitrogen and oxygen atoms in total. The molecule has 1 aliphatic rings. The van der Waals surface area contributed by atoms with Crippen LogP contribution < -0.4 is 5.32 Å². The van der Waals surface area contributed by atoms with E-state index in [2.05, 4.69) is 25.2 Å². The number of hydrogen-bond donors (Lipinski definition) is 2. The second kappa shape index (κ2) is 5.30. The van der Waals surface area contributed by atoms with Crippen molar-refractivity contribution in [3.8, 4) is 0 Å². The lowest BCUT2D eigenvalue weighted by Crippen LogP contribution is -2.33. The maximum atomic E-state index is 9.25. The largest absolute Gasteiger partial charge is 0.396 e. The summed E-state index contributed by atoms with van der Waals surface area (Å²) in [6.45, 7) is 5.64. The van der Waals surface area contributed by atoms with Gasteiger partial charge < -0.3 is 10.4 Å². The van der Waals surface area contributed by atoms with Crippen molar-refractivity contribution in [3.05, 3.63) is 21.4 Å². The van der Waals surface area contributed by atoms with Crippen LogP contribution in [0.3, 0.4) is 0 Å². The fourth-order valence-corrected chi connectivity index (χ4v) is 3.57. The molecule has 0 spiro atoms. The van der Waals surface area contributed by atoms with E-state index in [4.69, 9.17) is 0 Å². The summed E-state index contributed by atoms with van der Waals surface area (Å²) in [5.41, 5.74) is 1.42. The summed E-state index contributed by atoms with van der Waals surface area (Å²) in [5, 5.41) is 12.9. The number of nitrogens with one attached hydrogen (secondary N) is 1. The summed E-state index contributed by atoms with van der Waals surface area (Å²) in [7, 11) is 0. The van der Waals surface area contributed by atoms with Crippen molar-refractivity contribution in [1.29, 1.82) is 0 Å². The summed E-state index contributed by atoms with van der Waals surface area (Å²) < 4.78 is 0. The molecule has 90 valence electrons. The topological polar surface area (TPSA) is 32.3 Å². The molecule has 2 rings (SSSR count). The van der Waals surface area contributed by atoms with Crippen molar-refractivity contribution in [2.75, 3.05) is 6.61 Å². The number of aliphatic hydroxyl groups is 1. The zero-order valence-electron chi connectivity index (χ0n) is 10.1. The molecular formula is C13H21NOS. The van der Waals surface area contributed by atoms with Gasteiger partial charge in [0, 0.05) is 28.9 Å². The Morgan fingerprint density at radius 3 is 2.88 bits per heavy atom. The molecule has 1 saturated carbocycles. The molecule has 3 heteroatoms. The van der Waals surface area contributed by atoms with Gasteiger partial charge in [0.15, 0.2) is 0 Å². The minimum absolute atomic E-state index is 0.333. The lowest BCUT2D eigenvalue weighted by molar-refractivity contribution is 0.205. The van der Waals surface area contributed by atoms with E-state index in [1.54, 1.807) is 0 Å². The molecule has 2 atom stereocenters. The normalized spacial score (nSPS) is 25.2. The summed E-state index contributed by atoms with van der Waals surface area (Å²) in [5.74, 6) is 0.472. The Morgan fingerprint density at radius 2 is 2.25 bits per heavy atom. The highest BCUT2D eigenvalue weighted by molar-refractivity contribution is 7.12. The molecule has 0 bridgehead atoms. The first kappa shape index (κ1) is 12.1. The predicted octanol–water partition coefficient (Wildman–Crippen LogP) is 2.62. The molecule has 1 aliphatic carbocycles. The van der Waals surface area contributed by atoms with Gasteiger partial charge in [-0.3, -0.25) is 0 Å². The fourth-order valence-electron chi connectivity index (χ4n) is 2.62. The zero-order valence-corrected chi connectivity index (χ0v) is 10.9. The lowest BCUT2D eigenvalue weighted by atomic mass is 10.0. The molecule has 1 fully saturated rings. The number of hydrogen-bond acceptors (Lipinski definition) is 3. The standard InChI is InChI=1S/C13H21NOS/c1-9-6-12(10(2)16-9)7-14-13-5-3-4-11(13)8-15/h6,11,13-15H,3-5,7-8H2,1-2H3. The SMILES string of the molecule is Cc1cc(CNC2CCCC2CO)c(C)s1. The van der Waals surface area contributed by atoms with Gasteiger partial charge in [0.1, 0.15) is 0 Å². The third kappa shape index (κ3) is 2.65. The third-order valence-corrected chi connectivity index (χ3v) is 4.60. The van der Waals surface area contributed by atoms with E-state index in [1.807, 2.05) is 11.3 Å². The van der Waals surface area contributed by atoms with Crippen molar-refractivity contribution < 1.29 is 5.11 Å². The lowest BCUT2D eigenvalue weighted by Gasteiger charge is -2.18. The van der Waals surface area contributed by atoms with Crippen LogP contribution in [0.25, 0.3) is 0 Å². The van der Waals surface area contributed by atoms with Gasteiger partial charge in [0.25, 0.3) is 0 Å². The Labute approximate surface area is 102 Å². The summed E-state index contributed by atoms with van der Waals surface area (Å²) in [4.78, 5) is 2.81. The molecular weight excluding hydrogens is 218 g/mol. The van der Waals surface area contributed by atoms with Gasteiger partial charge in [0.2, 0.25) is 0 Å². The van der Waals surface area contributed by atoms with Crippen LogP contribution in [0.15, 0.2) is 6.07 Å². The molecule has 0 aromatic carbocycles. The average molecular weight is 239 g/mol. The van der Waals surface area contributed by atoms with Crippen LogP contribution in [0.5, 0.6) is 0 Å². The molecule has 0 amide bonds. The number of thiophene rings is 1. The highest BCUT2D eigenvalue weighted by atomic mass is 32.1. The molecule has 0 radical (unpaired) electrons. The third-order valence-electron chi connectivity index (χ3n) is 3.59. The highest BCUT2D eigenvalue weighted by Gasteiger charge is 2.25. The smallest absolute Gasteiger partial charge is 0.0474 e. The quantitative estimate of drug-likeness (QED) is 0.846. The van der Waals surface area contributed by atoms with E-state index in [9.17, 15) is 5.11 Å². The highest BCUT2D eigenvalue weighted by Crippen LogP contribution is 2.26. The first-order valence-corrected chi connectivity index (χ1v) is 6.92. The monoisotopic (exact) mass is 239 g/mol. The molecule has 2 N–H and O–H groups in total. The van der Waals surface area contributed by atoms with Crippen molar-refractivity contribution in [1.82, 2.24) is 5.32 Å². The summed E-state index contributed by atoms with van der Waals surface area (Å²) in [6, 6.07) is 2.79. The van der Waals surface area contributed by atoms with Crippen molar-refractivity contribution in [2.45, 2.75) is 45.7 Å². The molecule has 2 unspecified atom stereocenters. The summed E-state index contributed by atoms with van der Waals surface area (Å²) in [6.07, 6.45) is 3.65. The molecule has 1 aromatic heterocycles. The fraction of sp³-hybridized carbons (Fsp3) is 0.692. The van der Waals surface area contributed by atoms with Crippen LogP contribution in [0.1, 0.15) is 34.6 Å². The Hall–Kier alpha value is -0.380. The predicted molar refractivity (Wildman–Crippen MR) is 68.8 cm³/mol. The second-order valence-electron chi connectivity index (χ2n) is 4.80. The van der Waals surface area contributed by atoms with Gasteiger partial charge in [-0.15, -0.1) is 11.3 Å². The minimum Gasteiger partial charge on any atom is -0.396 e. The number of aryl methyl sites for hydroxylation is 2. The van der Waals surface area contributed by atoms with Gasteiger partial charge in [0.05, 0.1) is 0 Å². The molecule has 1 heterocycles. The van der Waals surface area contributed by atoms with Gasteiger partial charge in [-0.1, -0.05) is 6.42 Å². The Kier molecular flexibility index (Phi) is 4.00. The van der Waals surface area contributed by atoms with Gasteiger partial charge in [-0.25, -0.2) is 0 Å². The van der Waals surface area contributed by atoms with E-state index < -0.39 is 0 Å². The average Bonchev–Trinajstić information content (AvgIpc) is 2.81. The number of aliphatic hydroxyl groups excluding tert-OH is 1. The van der Waals surface area contributed by atoms with E-state index in [0.29, 0.717) is 18.6 Å². The first-order chi connectivity index (χ1) is 7.70. The Morgan fingerprint density at radius 1 is 1.44 bits per heavy atom. The van der Waals surface area contributed by atoms with Crippen molar-refractivity contribution in [2.24, 2.45) is 5.92 Å². The first-order valence-electron chi connectivity index (χ1n) is 6.11. The minimum atomic E-state index is 0.333. The van der Waals surface area contributed by atoms with Crippen LogP contribution in [-0.4, -0.2) is 17.8 Å². The van der Waals surface area contributed by atoms with E-state index in [0.717, 1.165) is 6.54 Å². The molecule has 1 aromatic rings. The maximum absolute atomic E-state index is 9.25. The zero-order chi connectivity index (χ0) is 11.5. The van der Waals surface area contributed by atoms with Gasteiger partial charge >= 0.3 is 0 Å². The molecule has 0 saturated heterocycles. The van der Waals surface area contributed by atoms with Crippen LogP contribution in [0.2, 0.25) is 0 Å². The van der Waals surface area contributed by atoms with Crippen LogP contribution in [-0.2, 0) is 6.54 Å². The van der Waals surface area contributed by atoms with Gasteiger partial charge in [-0.05, 0) is 44.2 Å². The molecule has 0 aliphatic heterocycles. The van der Waals surface area contributed by atoms with E-state index in [-0.39, 0.29) is 0 Å². The van der Waals surface area contributed by atoms with E-state index >= 15 is 0 Å².